The number of piperazine rings is 1. The number of amides is 1. The van der Waals surface area contributed by atoms with Gasteiger partial charge in [0.25, 0.3) is 0 Å². The lowest BCUT2D eigenvalue weighted by atomic mass is 10.1. The molecule has 0 saturated carbocycles. The van der Waals surface area contributed by atoms with E-state index in [0.29, 0.717) is 12.3 Å². The molecular weight excluding hydrogens is 326 g/mol. The molecule has 2 aromatic rings. The molecule has 3 rings (SSSR count). The molecule has 0 spiro atoms. The molecule has 0 bridgehead atoms. The number of hydrogen-bond donors (Lipinski definition) is 2. The summed E-state index contributed by atoms with van der Waals surface area (Å²) in [5.74, 6) is 0.393. The fourth-order valence-electron chi connectivity index (χ4n) is 3.37. The molecule has 0 unspecified atom stereocenters. The first kappa shape index (κ1) is 18.3. The fraction of sp³-hybridized carbons (Fsp3) is 0.381. The molecule has 1 saturated heterocycles. The van der Waals surface area contributed by atoms with Gasteiger partial charge in [0, 0.05) is 32.7 Å². The highest BCUT2D eigenvalue weighted by Crippen LogP contribution is 2.27. The second kappa shape index (κ2) is 8.72. The minimum absolute atomic E-state index is 0.0805. The Morgan fingerprint density at radius 1 is 1.04 bits per heavy atom. The molecule has 26 heavy (non-hydrogen) atoms. The molecule has 1 atom stereocenters. The van der Waals surface area contributed by atoms with Crippen molar-refractivity contribution in [3.05, 3.63) is 60.2 Å². The number of nitrogens with zero attached hydrogens (tertiary/aromatic N) is 2. The minimum atomic E-state index is -0.141. The van der Waals surface area contributed by atoms with Crippen molar-refractivity contribution in [2.75, 3.05) is 37.6 Å². The number of phenolic OH excluding ortho intramolecular Hbond substituents is 1. The average Bonchev–Trinajstić information content (AvgIpc) is 2.69. The van der Waals surface area contributed by atoms with E-state index >= 15 is 0 Å². The van der Waals surface area contributed by atoms with Gasteiger partial charge in [-0.2, -0.15) is 0 Å². The van der Waals surface area contributed by atoms with Crippen LogP contribution >= 0.6 is 0 Å². The molecule has 2 aromatic carbocycles. The number of phenols is 1. The Morgan fingerprint density at radius 3 is 2.38 bits per heavy atom. The van der Waals surface area contributed by atoms with Crippen molar-refractivity contribution in [1.82, 2.24) is 10.2 Å². The lowest BCUT2D eigenvalue weighted by Crippen LogP contribution is -2.54. The van der Waals surface area contributed by atoms with Gasteiger partial charge in [-0.05, 0) is 31.0 Å². The van der Waals surface area contributed by atoms with E-state index in [1.54, 1.807) is 6.07 Å². The van der Waals surface area contributed by atoms with Crippen molar-refractivity contribution in [2.24, 2.45) is 0 Å². The van der Waals surface area contributed by atoms with E-state index in [9.17, 15) is 9.90 Å². The normalized spacial score (nSPS) is 16.3. The average molecular weight is 353 g/mol. The van der Waals surface area contributed by atoms with Gasteiger partial charge in [0.05, 0.1) is 11.7 Å². The largest absolute Gasteiger partial charge is 0.506 e. The summed E-state index contributed by atoms with van der Waals surface area (Å²) >= 11 is 0. The van der Waals surface area contributed by atoms with Crippen LogP contribution in [0, 0.1) is 0 Å². The van der Waals surface area contributed by atoms with E-state index in [2.05, 4.69) is 27.2 Å². The summed E-state index contributed by atoms with van der Waals surface area (Å²) < 4.78 is 0. The first-order valence-electron chi connectivity index (χ1n) is 9.24. The molecule has 138 valence electrons. The molecule has 2 N–H and O–H groups in total. The molecule has 1 aliphatic rings. The van der Waals surface area contributed by atoms with Crippen molar-refractivity contribution < 1.29 is 9.90 Å². The number of benzene rings is 2. The standard InChI is InChI=1S/C21H27N3O2/c1-17(21(26)22-12-11-18-7-3-2-4-8-18)23-13-15-24(16-14-23)19-9-5-6-10-20(19)25/h2-10,17,25H,11-16H2,1H3,(H,22,26)/t17-/m1/s1. The van der Waals surface area contributed by atoms with E-state index in [-0.39, 0.29) is 11.9 Å². The Labute approximate surface area is 155 Å². The molecule has 0 aromatic heterocycles. The third-order valence-corrected chi connectivity index (χ3v) is 5.02. The van der Waals surface area contributed by atoms with E-state index < -0.39 is 0 Å². The second-order valence-corrected chi connectivity index (χ2v) is 6.71. The second-order valence-electron chi connectivity index (χ2n) is 6.71. The number of hydrogen-bond acceptors (Lipinski definition) is 4. The summed E-state index contributed by atoms with van der Waals surface area (Å²) in [6.07, 6.45) is 0.848. The summed E-state index contributed by atoms with van der Waals surface area (Å²) in [5.41, 5.74) is 2.10. The van der Waals surface area contributed by atoms with Crippen LogP contribution in [0.2, 0.25) is 0 Å². The molecular formula is C21H27N3O2. The Bertz CT molecular complexity index is 712. The quantitative estimate of drug-likeness (QED) is 0.836. The van der Waals surface area contributed by atoms with E-state index in [0.717, 1.165) is 38.3 Å². The van der Waals surface area contributed by atoms with Crippen molar-refractivity contribution in [3.63, 3.8) is 0 Å². The number of carbonyl (C=O) groups is 1. The van der Waals surface area contributed by atoms with Crippen LogP contribution < -0.4 is 10.2 Å². The van der Waals surface area contributed by atoms with Crippen LogP contribution in [0.5, 0.6) is 5.75 Å². The van der Waals surface area contributed by atoms with Crippen LogP contribution in [-0.2, 0) is 11.2 Å². The molecule has 1 amide bonds. The third kappa shape index (κ3) is 4.55. The molecule has 1 aliphatic heterocycles. The predicted octanol–water partition coefficient (Wildman–Crippen LogP) is 2.26. The highest BCUT2D eigenvalue weighted by atomic mass is 16.3. The van der Waals surface area contributed by atoms with Gasteiger partial charge in [-0.3, -0.25) is 9.69 Å². The van der Waals surface area contributed by atoms with Gasteiger partial charge >= 0.3 is 0 Å². The van der Waals surface area contributed by atoms with Gasteiger partial charge in [-0.1, -0.05) is 42.5 Å². The summed E-state index contributed by atoms with van der Waals surface area (Å²) in [6, 6.07) is 17.5. The highest BCUT2D eigenvalue weighted by Gasteiger charge is 2.26. The first-order valence-corrected chi connectivity index (χ1v) is 9.24. The number of rotatable bonds is 6. The number of para-hydroxylation sites is 2. The van der Waals surface area contributed by atoms with Gasteiger partial charge < -0.3 is 15.3 Å². The zero-order valence-corrected chi connectivity index (χ0v) is 15.3. The summed E-state index contributed by atoms with van der Waals surface area (Å²) in [6.45, 7) is 5.85. The highest BCUT2D eigenvalue weighted by molar-refractivity contribution is 5.81. The van der Waals surface area contributed by atoms with E-state index in [1.807, 2.05) is 43.3 Å². The Kier molecular flexibility index (Phi) is 6.12. The SMILES string of the molecule is C[C@H](C(=O)NCCc1ccccc1)N1CCN(c2ccccc2O)CC1. The zero-order chi connectivity index (χ0) is 18.4. The van der Waals surface area contributed by atoms with Crippen LogP contribution in [0.15, 0.2) is 54.6 Å². The van der Waals surface area contributed by atoms with E-state index in [1.165, 1.54) is 5.56 Å². The smallest absolute Gasteiger partial charge is 0.237 e. The monoisotopic (exact) mass is 353 g/mol. The summed E-state index contributed by atoms with van der Waals surface area (Å²) in [4.78, 5) is 16.8. The lowest BCUT2D eigenvalue weighted by Gasteiger charge is -2.38. The number of nitrogens with one attached hydrogen (secondary N) is 1. The maximum atomic E-state index is 12.4. The maximum absolute atomic E-state index is 12.4. The third-order valence-electron chi connectivity index (χ3n) is 5.02. The summed E-state index contributed by atoms with van der Waals surface area (Å²) in [5, 5.41) is 13.0. The van der Waals surface area contributed by atoms with Crippen molar-refractivity contribution >= 4 is 11.6 Å². The zero-order valence-electron chi connectivity index (χ0n) is 15.3. The molecule has 1 heterocycles. The minimum Gasteiger partial charge on any atom is -0.506 e. The van der Waals surface area contributed by atoms with Gasteiger partial charge in [0.15, 0.2) is 0 Å². The summed E-state index contributed by atoms with van der Waals surface area (Å²) in [7, 11) is 0. The number of carbonyl (C=O) groups excluding carboxylic acids is 1. The van der Waals surface area contributed by atoms with E-state index in [4.69, 9.17) is 0 Å². The van der Waals surface area contributed by atoms with Crippen molar-refractivity contribution in [2.45, 2.75) is 19.4 Å². The number of anilines is 1. The fourth-order valence-corrected chi connectivity index (χ4v) is 3.37. The van der Waals surface area contributed by atoms with Crippen LogP contribution in [0.4, 0.5) is 5.69 Å². The Morgan fingerprint density at radius 2 is 1.69 bits per heavy atom. The molecule has 1 fully saturated rings. The van der Waals surface area contributed by atoms with Gasteiger partial charge in [-0.25, -0.2) is 0 Å². The van der Waals surface area contributed by atoms with Gasteiger partial charge in [0.1, 0.15) is 5.75 Å². The Balaban J connectivity index is 1.45. The molecule has 0 radical (unpaired) electrons. The van der Waals surface area contributed by atoms with Crippen LogP contribution in [-0.4, -0.2) is 54.7 Å². The van der Waals surface area contributed by atoms with Crippen LogP contribution in [0.25, 0.3) is 0 Å². The molecule has 5 heteroatoms. The van der Waals surface area contributed by atoms with Crippen LogP contribution in [0.3, 0.4) is 0 Å². The van der Waals surface area contributed by atoms with Crippen molar-refractivity contribution in [3.8, 4) is 5.75 Å². The number of aromatic hydroxyl groups is 1. The Hall–Kier alpha value is -2.53. The van der Waals surface area contributed by atoms with Gasteiger partial charge in [-0.15, -0.1) is 0 Å². The topological polar surface area (TPSA) is 55.8 Å². The lowest BCUT2D eigenvalue weighted by molar-refractivity contribution is -0.125. The molecule has 5 nitrogen and oxygen atoms in total. The maximum Gasteiger partial charge on any atom is 0.237 e. The van der Waals surface area contributed by atoms with Gasteiger partial charge in [0.2, 0.25) is 5.91 Å². The van der Waals surface area contributed by atoms with Crippen LogP contribution in [0.1, 0.15) is 12.5 Å². The van der Waals surface area contributed by atoms with Crippen molar-refractivity contribution in [1.29, 1.82) is 0 Å². The molecule has 0 aliphatic carbocycles. The first-order chi connectivity index (χ1) is 12.6. The predicted molar refractivity (Wildman–Crippen MR) is 105 cm³/mol.